The van der Waals surface area contributed by atoms with E-state index in [1.165, 1.54) is 0 Å². The molecule has 0 spiro atoms. The summed E-state index contributed by atoms with van der Waals surface area (Å²) in [7, 11) is 0. The number of amides is 2. The number of nitrogens with zero attached hydrogens (tertiary/aromatic N) is 1. The Morgan fingerprint density at radius 2 is 1.96 bits per heavy atom. The summed E-state index contributed by atoms with van der Waals surface area (Å²) in [6.45, 7) is 2.28. The van der Waals surface area contributed by atoms with E-state index in [1.807, 2.05) is 48.2 Å². The van der Waals surface area contributed by atoms with E-state index in [0.717, 1.165) is 48.5 Å². The lowest BCUT2D eigenvalue weighted by molar-refractivity contribution is 0.242. The minimum absolute atomic E-state index is 0.0931. The van der Waals surface area contributed by atoms with E-state index >= 15 is 0 Å². The van der Waals surface area contributed by atoms with Crippen LogP contribution in [-0.2, 0) is 6.54 Å². The van der Waals surface area contributed by atoms with Gasteiger partial charge in [0.1, 0.15) is 11.5 Å². The summed E-state index contributed by atoms with van der Waals surface area (Å²) in [5, 5.41) is 2.97. The van der Waals surface area contributed by atoms with Gasteiger partial charge in [-0.1, -0.05) is 18.8 Å². The van der Waals surface area contributed by atoms with E-state index in [4.69, 9.17) is 10.8 Å². The Morgan fingerprint density at radius 1 is 1.25 bits per heavy atom. The average molecular weight is 322 g/mol. The number of hydrogen-bond donors (Lipinski definition) is 1. The van der Waals surface area contributed by atoms with Gasteiger partial charge < -0.3 is 9.73 Å². The molecule has 0 saturated heterocycles. The van der Waals surface area contributed by atoms with Gasteiger partial charge in [0, 0.05) is 17.3 Å². The van der Waals surface area contributed by atoms with Crippen LogP contribution in [-0.4, -0.2) is 12.1 Å². The van der Waals surface area contributed by atoms with Crippen LogP contribution in [0.1, 0.15) is 42.8 Å². The van der Waals surface area contributed by atoms with Crippen LogP contribution < -0.4 is 10.2 Å². The molecule has 124 valence electrons. The molecule has 0 radical (unpaired) electrons. The maximum absolute atomic E-state index is 12.8. The third-order valence-corrected chi connectivity index (χ3v) is 4.43. The van der Waals surface area contributed by atoms with Gasteiger partial charge in [-0.3, -0.25) is 4.90 Å². The molecule has 2 aromatic rings. The lowest BCUT2D eigenvalue weighted by Gasteiger charge is -2.29. The van der Waals surface area contributed by atoms with Gasteiger partial charge in [0.05, 0.1) is 6.54 Å². The fourth-order valence-electron chi connectivity index (χ4n) is 3.20. The predicted molar refractivity (Wildman–Crippen MR) is 94.8 cm³/mol. The third kappa shape index (κ3) is 3.62. The lowest BCUT2D eigenvalue weighted by Crippen LogP contribution is -2.45. The molecule has 1 fully saturated rings. The third-order valence-electron chi connectivity index (χ3n) is 4.43. The lowest BCUT2D eigenvalue weighted by atomic mass is 10.1. The molecule has 1 aromatic carbocycles. The van der Waals surface area contributed by atoms with Crippen molar-refractivity contribution in [1.82, 2.24) is 5.32 Å². The zero-order chi connectivity index (χ0) is 16.9. The molecule has 3 rings (SSSR count). The van der Waals surface area contributed by atoms with Crippen molar-refractivity contribution < 1.29 is 9.21 Å². The maximum Gasteiger partial charge on any atom is 0.322 e. The number of terminal acetylenes is 1. The zero-order valence-corrected chi connectivity index (χ0v) is 13.9. The molecule has 4 nitrogen and oxygen atoms in total. The Morgan fingerprint density at radius 3 is 2.54 bits per heavy atom. The smallest absolute Gasteiger partial charge is 0.322 e. The molecular formula is C20H22N2O2. The molecule has 1 saturated carbocycles. The van der Waals surface area contributed by atoms with Gasteiger partial charge in [-0.2, -0.15) is 0 Å². The van der Waals surface area contributed by atoms with E-state index in [1.54, 1.807) is 0 Å². The number of rotatable bonds is 4. The second-order valence-corrected chi connectivity index (χ2v) is 6.17. The van der Waals surface area contributed by atoms with Crippen molar-refractivity contribution in [3.05, 3.63) is 53.5 Å². The molecule has 0 atom stereocenters. The van der Waals surface area contributed by atoms with Gasteiger partial charge in [-0.15, -0.1) is 6.42 Å². The van der Waals surface area contributed by atoms with E-state index in [0.29, 0.717) is 6.54 Å². The van der Waals surface area contributed by atoms with Gasteiger partial charge in [-0.05, 0) is 56.2 Å². The summed E-state index contributed by atoms with van der Waals surface area (Å²) in [6, 6.07) is 11.5. The van der Waals surface area contributed by atoms with Crippen molar-refractivity contribution in [2.45, 2.75) is 45.2 Å². The summed E-state index contributed by atoms with van der Waals surface area (Å²) in [6.07, 6.45) is 9.80. The number of furan rings is 1. The second-order valence-electron chi connectivity index (χ2n) is 6.17. The summed E-state index contributed by atoms with van der Waals surface area (Å²) in [5.74, 6) is 4.21. The van der Waals surface area contributed by atoms with Crippen molar-refractivity contribution in [3.8, 4) is 12.3 Å². The number of benzene rings is 1. The van der Waals surface area contributed by atoms with Crippen LogP contribution in [0, 0.1) is 19.3 Å². The molecule has 1 aromatic heterocycles. The van der Waals surface area contributed by atoms with Crippen LogP contribution in [0.2, 0.25) is 0 Å². The van der Waals surface area contributed by atoms with Crippen LogP contribution >= 0.6 is 0 Å². The minimum Gasteiger partial charge on any atom is -0.465 e. The summed E-state index contributed by atoms with van der Waals surface area (Å²) in [5.41, 5.74) is 1.70. The summed E-state index contributed by atoms with van der Waals surface area (Å²) < 4.78 is 5.52. The summed E-state index contributed by atoms with van der Waals surface area (Å²) in [4.78, 5) is 14.7. The number of urea groups is 1. The number of hydrogen-bond acceptors (Lipinski definition) is 2. The van der Waals surface area contributed by atoms with Gasteiger partial charge in [0.15, 0.2) is 0 Å². The first-order valence-electron chi connectivity index (χ1n) is 8.36. The molecule has 1 aliphatic rings. The molecule has 0 bridgehead atoms. The molecule has 24 heavy (non-hydrogen) atoms. The predicted octanol–water partition coefficient (Wildman–Crippen LogP) is 4.23. The van der Waals surface area contributed by atoms with E-state index in [-0.39, 0.29) is 12.1 Å². The quantitative estimate of drug-likeness (QED) is 0.856. The second kappa shape index (κ2) is 7.27. The van der Waals surface area contributed by atoms with Gasteiger partial charge >= 0.3 is 6.03 Å². The molecule has 1 heterocycles. The first kappa shape index (κ1) is 16.2. The molecule has 1 N–H and O–H groups in total. The first-order chi connectivity index (χ1) is 11.7. The molecule has 0 aliphatic heterocycles. The topological polar surface area (TPSA) is 45.5 Å². The Balaban J connectivity index is 1.75. The van der Waals surface area contributed by atoms with Crippen LogP contribution in [0.25, 0.3) is 0 Å². The van der Waals surface area contributed by atoms with Crippen LogP contribution in [0.5, 0.6) is 0 Å². The highest BCUT2D eigenvalue weighted by Gasteiger charge is 2.28. The normalized spacial score (nSPS) is 14.3. The highest BCUT2D eigenvalue weighted by Crippen LogP contribution is 2.28. The van der Waals surface area contributed by atoms with Gasteiger partial charge in [0.25, 0.3) is 0 Å². The highest BCUT2D eigenvalue weighted by atomic mass is 16.3. The number of carbonyl (C=O) groups is 1. The first-order valence-corrected chi connectivity index (χ1v) is 8.36. The molecule has 4 heteroatoms. The van der Waals surface area contributed by atoms with Crippen molar-refractivity contribution >= 4 is 11.7 Å². The average Bonchev–Trinajstić information content (AvgIpc) is 3.26. The molecule has 1 aliphatic carbocycles. The van der Waals surface area contributed by atoms with Crippen molar-refractivity contribution in [2.24, 2.45) is 0 Å². The van der Waals surface area contributed by atoms with Crippen LogP contribution in [0.3, 0.4) is 0 Å². The zero-order valence-electron chi connectivity index (χ0n) is 13.9. The van der Waals surface area contributed by atoms with Crippen LogP contribution in [0.15, 0.2) is 40.8 Å². The van der Waals surface area contributed by atoms with Crippen molar-refractivity contribution in [3.63, 3.8) is 0 Å². The highest BCUT2D eigenvalue weighted by molar-refractivity contribution is 5.92. The number of nitrogens with one attached hydrogen (secondary N) is 1. The summed E-state index contributed by atoms with van der Waals surface area (Å²) >= 11 is 0. The van der Waals surface area contributed by atoms with Gasteiger partial charge in [-0.25, -0.2) is 4.79 Å². The Labute approximate surface area is 142 Å². The SMILES string of the molecule is C#Cc1ccc(N(C(=O)NCc2ccc(C)o2)C2CCCC2)cc1. The van der Waals surface area contributed by atoms with E-state index < -0.39 is 0 Å². The minimum atomic E-state index is -0.0931. The number of carbonyl (C=O) groups excluding carboxylic acids is 1. The molecule has 2 amide bonds. The van der Waals surface area contributed by atoms with Crippen molar-refractivity contribution in [1.29, 1.82) is 0 Å². The monoisotopic (exact) mass is 322 g/mol. The number of anilines is 1. The maximum atomic E-state index is 12.8. The van der Waals surface area contributed by atoms with E-state index in [2.05, 4.69) is 11.2 Å². The largest absolute Gasteiger partial charge is 0.465 e. The Kier molecular flexibility index (Phi) is 4.90. The van der Waals surface area contributed by atoms with Crippen molar-refractivity contribution in [2.75, 3.05) is 4.90 Å². The van der Waals surface area contributed by atoms with E-state index in [9.17, 15) is 4.79 Å². The molecular weight excluding hydrogens is 300 g/mol. The Hall–Kier alpha value is -2.67. The number of aryl methyl sites for hydroxylation is 1. The van der Waals surface area contributed by atoms with Crippen LogP contribution in [0.4, 0.5) is 10.5 Å². The fraction of sp³-hybridized carbons (Fsp3) is 0.350. The fourth-order valence-corrected chi connectivity index (χ4v) is 3.20. The Bertz CT molecular complexity index is 734. The standard InChI is InChI=1S/C20H22N2O2/c1-3-16-9-11-18(12-10-16)22(17-6-4-5-7-17)20(23)21-14-19-13-8-15(2)24-19/h1,8-13,17H,4-7,14H2,2H3,(H,21,23). The van der Waals surface area contributed by atoms with Gasteiger partial charge in [0.2, 0.25) is 0 Å². The molecule has 0 unspecified atom stereocenters.